The van der Waals surface area contributed by atoms with Crippen LogP contribution in [0.1, 0.15) is 21.6 Å². The minimum absolute atomic E-state index is 0.366. The predicted octanol–water partition coefficient (Wildman–Crippen LogP) is 4.41. The molecule has 0 spiro atoms. The summed E-state index contributed by atoms with van der Waals surface area (Å²) in [6.45, 7) is 3.40. The van der Waals surface area contributed by atoms with Gasteiger partial charge in [0.2, 0.25) is 0 Å². The molecule has 1 N–H and O–H groups in total. The third kappa shape index (κ3) is 4.08. The van der Waals surface area contributed by atoms with E-state index < -0.39 is 11.9 Å². The van der Waals surface area contributed by atoms with E-state index in [4.69, 9.17) is 4.74 Å². The van der Waals surface area contributed by atoms with Crippen LogP contribution in [0.15, 0.2) is 53.0 Å². The molecule has 3 rings (SSSR count). The molecule has 0 atom stereocenters. The SMILES string of the molecule is Cc1ccc(NC(=O)COC(=O)c2cc(C)nc3ccccc23)c(Br)c1. The van der Waals surface area contributed by atoms with Crippen LogP contribution >= 0.6 is 15.9 Å². The van der Waals surface area contributed by atoms with Gasteiger partial charge in [0.15, 0.2) is 6.61 Å². The normalized spacial score (nSPS) is 10.6. The Labute approximate surface area is 159 Å². The fourth-order valence-electron chi connectivity index (χ4n) is 2.59. The maximum absolute atomic E-state index is 12.4. The van der Waals surface area contributed by atoms with Gasteiger partial charge in [0, 0.05) is 15.6 Å². The molecule has 0 fully saturated rings. The second kappa shape index (κ2) is 7.66. The molecule has 0 aliphatic carbocycles. The molecular formula is C20H17BrN2O3. The number of fused-ring (bicyclic) bond motifs is 1. The van der Waals surface area contributed by atoms with Gasteiger partial charge in [-0.25, -0.2) is 4.79 Å². The lowest BCUT2D eigenvalue weighted by Crippen LogP contribution is -2.21. The number of aryl methyl sites for hydroxylation is 2. The smallest absolute Gasteiger partial charge is 0.339 e. The van der Waals surface area contributed by atoms with E-state index in [2.05, 4.69) is 26.2 Å². The Morgan fingerprint density at radius 1 is 1.12 bits per heavy atom. The molecule has 6 heteroatoms. The fourth-order valence-corrected chi connectivity index (χ4v) is 3.19. The molecule has 0 unspecified atom stereocenters. The predicted molar refractivity (Wildman–Crippen MR) is 104 cm³/mol. The molecule has 132 valence electrons. The molecule has 0 aliphatic rings. The highest BCUT2D eigenvalue weighted by Gasteiger charge is 2.15. The van der Waals surface area contributed by atoms with Crippen molar-refractivity contribution in [3.8, 4) is 0 Å². The van der Waals surface area contributed by atoms with Crippen LogP contribution in [-0.4, -0.2) is 23.5 Å². The first-order valence-electron chi connectivity index (χ1n) is 8.03. The number of carbonyl (C=O) groups excluding carboxylic acids is 2. The monoisotopic (exact) mass is 412 g/mol. The molecule has 1 aromatic heterocycles. The van der Waals surface area contributed by atoms with E-state index >= 15 is 0 Å². The van der Waals surface area contributed by atoms with Gasteiger partial charge in [0.1, 0.15) is 0 Å². The lowest BCUT2D eigenvalue weighted by atomic mass is 10.1. The summed E-state index contributed by atoms with van der Waals surface area (Å²) < 4.78 is 5.97. The number of nitrogens with zero attached hydrogens (tertiary/aromatic N) is 1. The van der Waals surface area contributed by atoms with Gasteiger partial charge in [-0.3, -0.25) is 9.78 Å². The minimum atomic E-state index is -0.551. The molecular weight excluding hydrogens is 396 g/mol. The minimum Gasteiger partial charge on any atom is -0.452 e. The first kappa shape index (κ1) is 18.1. The molecule has 5 nitrogen and oxygen atoms in total. The number of amides is 1. The third-order valence-electron chi connectivity index (χ3n) is 3.80. The largest absolute Gasteiger partial charge is 0.452 e. The Balaban J connectivity index is 1.70. The van der Waals surface area contributed by atoms with Crippen molar-refractivity contribution in [1.82, 2.24) is 4.98 Å². The van der Waals surface area contributed by atoms with Gasteiger partial charge in [-0.1, -0.05) is 24.3 Å². The van der Waals surface area contributed by atoms with E-state index in [0.717, 1.165) is 10.0 Å². The molecule has 0 aliphatic heterocycles. The van der Waals surface area contributed by atoms with Crippen LogP contribution in [-0.2, 0) is 9.53 Å². The number of hydrogen-bond donors (Lipinski definition) is 1. The second-order valence-electron chi connectivity index (χ2n) is 5.94. The zero-order valence-corrected chi connectivity index (χ0v) is 16.0. The van der Waals surface area contributed by atoms with Crippen molar-refractivity contribution >= 4 is 44.4 Å². The van der Waals surface area contributed by atoms with Gasteiger partial charge in [-0.2, -0.15) is 0 Å². The van der Waals surface area contributed by atoms with Gasteiger partial charge in [-0.05, 0) is 59.6 Å². The average Bonchev–Trinajstić information content (AvgIpc) is 2.61. The van der Waals surface area contributed by atoms with E-state index in [1.54, 1.807) is 12.1 Å². The molecule has 26 heavy (non-hydrogen) atoms. The highest BCUT2D eigenvalue weighted by Crippen LogP contribution is 2.23. The zero-order chi connectivity index (χ0) is 18.7. The number of para-hydroxylation sites is 1. The molecule has 1 heterocycles. The van der Waals surface area contributed by atoms with Crippen LogP contribution < -0.4 is 5.32 Å². The van der Waals surface area contributed by atoms with Crippen molar-refractivity contribution < 1.29 is 14.3 Å². The summed E-state index contributed by atoms with van der Waals surface area (Å²) in [4.78, 5) is 28.9. The van der Waals surface area contributed by atoms with Crippen molar-refractivity contribution in [2.24, 2.45) is 0 Å². The van der Waals surface area contributed by atoms with Crippen LogP contribution in [0.5, 0.6) is 0 Å². The Morgan fingerprint density at radius 2 is 1.88 bits per heavy atom. The lowest BCUT2D eigenvalue weighted by molar-refractivity contribution is -0.119. The number of aromatic nitrogens is 1. The lowest BCUT2D eigenvalue weighted by Gasteiger charge is -2.10. The first-order valence-corrected chi connectivity index (χ1v) is 8.83. The number of ether oxygens (including phenoxy) is 1. The highest BCUT2D eigenvalue weighted by atomic mass is 79.9. The molecule has 0 bridgehead atoms. The number of anilines is 1. The molecule has 2 aromatic carbocycles. The van der Waals surface area contributed by atoms with E-state index in [-0.39, 0.29) is 6.61 Å². The Hall–Kier alpha value is -2.73. The van der Waals surface area contributed by atoms with Crippen LogP contribution in [0.3, 0.4) is 0 Å². The topological polar surface area (TPSA) is 68.3 Å². The summed E-state index contributed by atoms with van der Waals surface area (Å²) in [5, 5.41) is 3.42. The van der Waals surface area contributed by atoms with Crippen LogP contribution in [0, 0.1) is 13.8 Å². The summed E-state index contributed by atoms with van der Waals surface area (Å²) in [5.74, 6) is -0.956. The zero-order valence-electron chi connectivity index (χ0n) is 14.4. The van der Waals surface area contributed by atoms with E-state index in [1.807, 2.05) is 50.2 Å². The number of carbonyl (C=O) groups is 2. The Kier molecular flexibility index (Phi) is 5.32. The molecule has 0 radical (unpaired) electrons. The first-order chi connectivity index (χ1) is 12.4. The average molecular weight is 413 g/mol. The van der Waals surface area contributed by atoms with Crippen LogP contribution in [0.25, 0.3) is 10.9 Å². The van der Waals surface area contributed by atoms with Crippen LogP contribution in [0.2, 0.25) is 0 Å². The van der Waals surface area contributed by atoms with Gasteiger partial charge in [0.25, 0.3) is 5.91 Å². The van der Waals surface area contributed by atoms with Gasteiger partial charge in [0.05, 0.1) is 16.8 Å². The number of pyridine rings is 1. The summed E-state index contributed by atoms with van der Waals surface area (Å²) >= 11 is 3.40. The van der Waals surface area contributed by atoms with E-state index in [0.29, 0.717) is 27.8 Å². The number of esters is 1. The standard InChI is InChI=1S/C20H17BrN2O3/c1-12-7-8-18(16(21)9-12)23-19(24)11-26-20(25)15-10-13(2)22-17-6-4-3-5-14(15)17/h3-10H,11H2,1-2H3,(H,23,24). The van der Waals surface area contributed by atoms with E-state index in [1.165, 1.54) is 0 Å². The second-order valence-corrected chi connectivity index (χ2v) is 6.79. The van der Waals surface area contributed by atoms with Crippen molar-refractivity contribution in [2.45, 2.75) is 13.8 Å². The van der Waals surface area contributed by atoms with Crippen molar-refractivity contribution in [3.63, 3.8) is 0 Å². The summed E-state index contributed by atoms with van der Waals surface area (Å²) in [5.41, 5.74) is 3.52. The van der Waals surface area contributed by atoms with E-state index in [9.17, 15) is 9.59 Å². The molecule has 1 amide bonds. The quantitative estimate of drug-likeness (QED) is 0.644. The third-order valence-corrected chi connectivity index (χ3v) is 4.45. The Bertz CT molecular complexity index is 1000. The molecule has 0 saturated heterocycles. The van der Waals surface area contributed by atoms with Gasteiger partial charge < -0.3 is 10.1 Å². The number of benzene rings is 2. The van der Waals surface area contributed by atoms with Crippen molar-refractivity contribution in [3.05, 3.63) is 69.8 Å². The number of hydrogen-bond acceptors (Lipinski definition) is 4. The number of nitrogens with one attached hydrogen (secondary N) is 1. The van der Waals surface area contributed by atoms with Gasteiger partial charge >= 0.3 is 5.97 Å². The van der Waals surface area contributed by atoms with Crippen LogP contribution in [0.4, 0.5) is 5.69 Å². The van der Waals surface area contributed by atoms with Crippen molar-refractivity contribution in [1.29, 1.82) is 0 Å². The summed E-state index contributed by atoms with van der Waals surface area (Å²) in [6.07, 6.45) is 0. The maximum atomic E-state index is 12.4. The summed E-state index contributed by atoms with van der Waals surface area (Å²) in [6, 6.07) is 14.6. The van der Waals surface area contributed by atoms with Gasteiger partial charge in [-0.15, -0.1) is 0 Å². The fraction of sp³-hybridized carbons (Fsp3) is 0.150. The van der Waals surface area contributed by atoms with Crippen molar-refractivity contribution in [2.75, 3.05) is 11.9 Å². The Morgan fingerprint density at radius 3 is 2.65 bits per heavy atom. The highest BCUT2D eigenvalue weighted by molar-refractivity contribution is 9.10. The maximum Gasteiger partial charge on any atom is 0.339 e. The number of rotatable bonds is 4. The number of halogens is 1. The molecule has 3 aromatic rings. The summed E-state index contributed by atoms with van der Waals surface area (Å²) in [7, 11) is 0. The molecule has 0 saturated carbocycles.